The molecule has 0 saturated carbocycles. The molecule has 25 heavy (non-hydrogen) atoms. The van der Waals surface area contributed by atoms with Crippen molar-refractivity contribution < 1.29 is 14.0 Å². The van der Waals surface area contributed by atoms with Gasteiger partial charge in [-0.2, -0.15) is 0 Å². The molecule has 1 aliphatic heterocycles. The van der Waals surface area contributed by atoms with Crippen LogP contribution in [0.4, 0.5) is 0 Å². The summed E-state index contributed by atoms with van der Waals surface area (Å²) in [6, 6.07) is 11.4. The summed E-state index contributed by atoms with van der Waals surface area (Å²) in [6.45, 7) is 5.54. The molecule has 5 nitrogen and oxygen atoms in total. The minimum atomic E-state index is -0.580. The number of aryl methyl sites for hydroxylation is 1. The van der Waals surface area contributed by atoms with Crippen LogP contribution >= 0.6 is 0 Å². The second-order valence-electron chi connectivity index (χ2n) is 6.98. The Morgan fingerprint density at radius 1 is 1.24 bits per heavy atom. The number of amides is 2. The molecule has 2 heterocycles. The molecule has 1 aliphatic rings. The van der Waals surface area contributed by atoms with Crippen molar-refractivity contribution in [1.82, 2.24) is 10.2 Å². The molecule has 3 rings (SSSR count). The van der Waals surface area contributed by atoms with Crippen molar-refractivity contribution in [2.24, 2.45) is 5.41 Å². The van der Waals surface area contributed by atoms with Crippen LogP contribution in [0.2, 0.25) is 0 Å². The van der Waals surface area contributed by atoms with Crippen LogP contribution < -0.4 is 5.32 Å². The van der Waals surface area contributed by atoms with Crippen molar-refractivity contribution in [3.8, 4) is 0 Å². The van der Waals surface area contributed by atoms with Crippen LogP contribution in [-0.2, 0) is 11.3 Å². The van der Waals surface area contributed by atoms with Gasteiger partial charge >= 0.3 is 0 Å². The Labute approximate surface area is 148 Å². The maximum Gasteiger partial charge on any atom is 0.289 e. The average molecular weight is 340 g/mol. The highest BCUT2D eigenvalue weighted by atomic mass is 16.3. The molecule has 1 aromatic carbocycles. The van der Waals surface area contributed by atoms with E-state index in [1.165, 1.54) is 6.26 Å². The van der Waals surface area contributed by atoms with Gasteiger partial charge in [-0.05, 0) is 49.9 Å². The number of benzene rings is 1. The van der Waals surface area contributed by atoms with Gasteiger partial charge in [0.15, 0.2) is 5.76 Å². The zero-order chi connectivity index (χ0) is 17.9. The van der Waals surface area contributed by atoms with E-state index >= 15 is 0 Å². The summed E-state index contributed by atoms with van der Waals surface area (Å²) in [5.41, 5.74) is 1.69. The van der Waals surface area contributed by atoms with E-state index in [0.717, 1.165) is 24.0 Å². The largest absolute Gasteiger partial charge is 0.459 e. The molecular weight excluding hydrogens is 316 g/mol. The normalized spacial score (nSPS) is 20.3. The summed E-state index contributed by atoms with van der Waals surface area (Å²) < 4.78 is 5.20. The topological polar surface area (TPSA) is 62.6 Å². The SMILES string of the molecule is Cc1ccccc1CNC(=O)[C@@]1(C)CCCN(C(=O)c2ccco2)C1. The lowest BCUT2D eigenvalue weighted by Crippen LogP contribution is -2.51. The van der Waals surface area contributed by atoms with Crippen molar-refractivity contribution in [2.45, 2.75) is 33.2 Å². The van der Waals surface area contributed by atoms with Crippen LogP contribution in [0.1, 0.15) is 41.4 Å². The maximum atomic E-state index is 12.8. The standard InChI is InChI=1S/C20H24N2O3/c1-15-7-3-4-8-16(15)13-21-19(24)20(2)10-6-11-22(14-20)18(23)17-9-5-12-25-17/h3-5,7-9,12H,6,10-11,13-14H2,1-2H3,(H,21,24)/t20-/m0/s1. The molecule has 0 radical (unpaired) electrons. The second kappa shape index (κ2) is 7.13. The van der Waals surface area contributed by atoms with Crippen LogP contribution in [0.3, 0.4) is 0 Å². The van der Waals surface area contributed by atoms with Gasteiger partial charge in [-0.15, -0.1) is 0 Å². The minimum absolute atomic E-state index is 0.00676. The van der Waals surface area contributed by atoms with Gasteiger partial charge in [0.25, 0.3) is 5.91 Å². The number of hydrogen-bond donors (Lipinski definition) is 1. The monoisotopic (exact) mass is 340 g/mol. The molecule has 5 heteroatoms. The molecule has 0 unspecified atom stereocenters. The zero-order valence-electron chi connectivity index (χ0n) is 14.7. The molecule has 2 aromatic rings. The van der Waals surface area contributed by atoms with E-state index in [0.29, 0.717) is 25.4 Å². The molecule has 0 bridgehead atoms. The van der Waals surface area contributed by atoms with Gasteiger partial charge in [0.2, 0.25) is 5.91 Å². The smallest absolute Gasteiger partial charge is 0.289 e. The number of nitrogens with one attached hydrogen (secondary N) is 1. The van der Waals surface area contributed by atoms with Gasteiger partial charge in [-0.25, -0.2) is 0 Å². The Hall–Kier alpha value is -2.56. The van der Waals surface area contributed by atoms with Gasteiger partial charge in [0.1, 0.15) is 0 Å². The van der Waals surface area contributed by atoms with E-state index in [9.17, 15) is 9.59 Å². The predicted octanol–water partition coefficient (Wildman–Crippen LogP) is 3.15. The third kappa shape index (κ3) is 3.76. The first-order valence-corrected chi connectivity index (χ1v) is 8.65. The highest BCUT2D eigenvalue weighted by Crippen LogP contribution is 2.30. The molecule has 0 spiro atoms. The highest BCUT2D eigenvalue weighted by Gasteiger charge is 2.39. The van der Waals surface area contributed by atoms with E-state index in [2.05, 4.69) is 5.32 Å². The Bertz CT molecular complexity index is 754. The fraction of sp³-hybridized carbons (Fsp3) is 0.400. The molecule has 1 saturated heterocycles. The first kappa shape index (κ1) is 17.3. The van der Waals surface area contributed by atoms with Crippen molar-refractivity contribution in [3.63, 3.8) is 0 Å². The number of carbonyl (C=O) groups excluding carboxylic acids is 2. The molecule has 1 N–H and O–H groups in total. The van der Waals surface area contributed by atoms with E-state index in [1.54, 1.807) is 17.0 Å². The van der Waals surface area contributed by atoms with Gasteiger partial charge in [0.05, 0.1) is 11.7 Å². The molecule has 1 fully saturated rings. The van der Waals surface area contributed by atoms with E-state index in [-0.39, 0.29) is 11.8 Å². The number of piperidine rings is 1. The molecular formula is C20H24N2O3. The Balaban J connectivity index is 1.64. The predicted molar refractivity (Wildman–Crippen MR) is 95.0 cm³/mol. The molecule has 1 aromatic heterocycles. The van der Waals surface area contributed by atoms with Crippen molar-refractivity contribution in [1.29, 1.82) is 0 Å². The number of furan rings is 1. The molecule has 132 valence electrons. The first-order chi connectivity index (χ1) is 12.0. The maximum absolute atomic E-state index is 12.8. The Morgan fingerprint density at radius 3 is 2.76 bits per heavy atom. The van der Waals surface area contributed by atoms with Crippen molar-refractivity contribution in [2.75, 3.05) is 13.1 Å². The summed E-state index contributed by atoms with van der Waals surface area (Å²) in [6.07, 6.45) is 3.07. The lowest BCUT2D eigenvalue weighted by molar-refractivity contribution is -0.132. The summed E-state index contributed by atoms with van der Waals surface area (Å²) in [7, 11) is 0. The quantitative estimate of drug-likeness (QED) is 0.930. The van der Waals surface area contributed by atoms with E-state index < -0.39 is 5.41 Å². The molecule has 1 atom stereocenters. The van der Waals surface area contributed by atoms with Gasteiger partial charge in [-0.1, -0.05) is 24.3 Å². The van der Waals surface area contributed by atoms with Crippen LogP contribution in [-0.4, -0.2) is 29.8 Å². The lowest BCUT2D eigenvalue weighted by Gasteiger charge is -2.39. The van der Waals surface area contributed by atoms with Crippen molar-refractivity contribution in [3.05, 3.63) is 59.5 Å². The average Bonchev–Trinajstić information content (AvgIpc) is 3.14. The second-order valence-corrected chi connectivity index (χ2v) is 6.98. The third-order valence-electron chi connectivity index (χ3n) is 4.96. The van der Waals surface area contributed by atoms with Crippen LogP contribution in [0.25, 0.3) is 0 Å². The van der Waals surface area contributed by atoms with Crippen molar-refractivity contribution >= 4 is 11.8 Å². The number of rotatable bonds is 4. The van der Waals surface area contributed by atoms with Crippen LogP contribution in [0, 0.1) is 12.3 Å². The lowest BCUT2D eigenvalue weighted by atomic mass is 9.80. The number of hydrogen-bond acceptors (Lipinski definition) is 3. The fourth-order valence-electron chi connectivity index (χ4n) is 3.35. The first-order valence-electron chi connectivity index (χ1n) is 8.65. The Kier molecular flexibility index (Phi) is 4.93. The van der Waals surface area contributed by atoms with E-state index in [4.69, 9.17) is 4.42 Å². The zero-order valence-corrected chi connectivity index (χ0v) is 14.7. The fourth-order valence-corrected chi connectivity index (χ4v) is 3.35. The minimum Gasteiger partial charge on any atom is -0.459 e. The van der Waals surface area contributed by atoms with Crippen LogP contribution in [0.15, 0.2) is 47.1 Å². The summed E-state index contributed by atoms with van der Waals surface area (Å²) in [5.74, 6) is 0.167. The highest BCUT2D eigenvalue weighted by molar-refractivity contribution is 5.92. The summed E-state index contributed by atoms with van der Waals surface area (Å²) in [5, 5.41) is 3.04. The Morgan fingerprint density at radius 2 is 2.04 bits per heavy atom. The summed E-state index contributed by atoms with van der Waals surface area (Å²) >= 11 is 0. The number of likely N-dealkylation sites (tertiary alicyclic amines) is 1. The van der Waals surface area contributed by atoms with Crippen LogP contribution in [0.5, 0.6) is 0 Å². The number of nitrogens with zero attached hydrogens (tertiary/aromatic N) is 1. The number of carbonyl (C=O) groups is 2. The van der Waals surface area contributed by atoms with Gasteiger partial charge in [-0.3, -0.25) is 9.59 Å². The van der Waals surface area contributed by atoms with Gasteiger partial charge < -0.3 is 14.6 Å². The van der Waals surface area contributed by atoms with E-state index in [1.807, 2.05) is 38.1 Å². The van der Waals surface area contributed by atoms with Gasteiger partial charge in [0, 0.05) is 19.6 Å². The molecule has 0 aliphatic carbocycles. The molecule has 2 amide bonds. The third-order valence-corrected chi connectivity index (χ3v) is 4.96. The summed E-state index contributed by atoms with van der Waals surface area (Å²) in [4.78, 5) is 27.0.